The summed E-state index contributed by atoms with van der Waals surface area (Å²) in [4.78, 5) is 14.6. The van der Waals surface area contributed by atoms with Gasteiger partial charge in [0.2, 0.25) is 5.95 Å². The van der Waals surface area contributed by atoms with Crippen molar-refractivity contribution in [3.05, 3.63) is 35.5 Å². The second-order valence-electron chi connectivity index (χ2n) is 9.06. The number of hydrogen-bond donors (Lipinski definition) is 2. The first-order chi connectivity index (χ1) is 15.0. The van der Waals surface area contributed by atoms with Gasteiger partial charge >= 0.3 is 0 Å². The number of halogens is 1. The predicted molar refractivity (Wildman–Crippen MR) is 125 cm³/mol. The summed E-state index contributed by atoms with van der Waals surface area (Å²) in [7, 11) is -1.20. The Morgan fingerprint density at radius 3 is 2.35 bits per heavy atom. The number of benzene rings is 1. The van der Waals surface area contributed by atoms with Crippen molar-refractivity contribution in [2.45, 2.75) is 29.7 Å². The second kappa shape index (κ2) is 8.22. The van der Waals surface area contributed by atoms with Gasteiger partial charge in [-0.3, -0.25) is 4.21 Å². The van der Waals surface area contributed by atoms with Gasteiger partial charge in [-0.15, -0.1) is 0 Å². The lowest BCUT2D eigenvalue weighted by molar-refractivity contribution is 0.143. The number of anilines is 3. The van der Waals surface area contributed by atoms with Gasteiger partial charge in [-0.25, -0.2) is 4.98 Å². The van der Waals surface area contributed by atoms with E-state index >= 15 is 0 Å². The van der Waals surface area contributed by atoms with E-state index in [0.29, 0.717) is 28.5 Å². The van der Waals surface area contributed by atoms with Crippen LogP contribution in [0.1, 0.15) is 19.3 Å². The summed E-state index contributed by atoms with van der Waals surface area (Å²) < 4.78 is 12.2. The molecular formula is C22H28ClN5O2S. The fourth-order valence-electron chi connectivity index (χ4n) is 5.01. The number of hydrogen-bond acceptors (Lipinski definition) is 7. The SMILES string of the molecule is C[S@](=O)c1cnc(N2CC3CN(c4ccc(Cl)cc4)CC3C2)nc1NC1(CO)CCC1. The van der Waals surface area contributed by atoms with Crippen LogP contribution in [0.4, 0.5) is 17.5 Å². The molecule has 2 unspecified atom stereocenters. The summed E-state index contributed by atoms with van der Waals surface area (Å²) in [6.07, 6.45) is 6.19. The van der Waals surface area contributed by atoms with E-state index in [9.17, 15) is 9.32 Å². The lowest BCUT2D eigenvalue weighted by Gasteiger charge is -2.41. The van der Waals surface area contributed by atoms with Gasteiger partial charge in [-0.2, -0.15) is 4.98 Å². The van der Waals surface area contributed by atoms with Crippen LogP contribution < -0.4 is 15.1 Å². The minimum atomic E-state index is -1.20. The van der Waals surface area contributed by atoms with E-state index in [1.807, 2.05) is 12.1 Å². The number of aliphatic hydroxyl groups excluding tert-OH is 1. The summed E-state index contributed by atoms with van der Waals surface area (Å²) >= 11 is 6.03. The highest BCUT2D eigenvalue weighted by atomic mass is 35.5. The van der Waals surface area contributed by atoms with Crippen molar-refractivity contribution in [3.8, 4) is 0 Å². The van der Waals surface area contributed by atoms with Crippen LogP contribution in [0.5, 0.6) is 0 Å². The van der Waals surface area contributed by atoms with Gasteiger partial charge in [0, 0.05) is 55.0 Å². The van der Waals surface area contributed by atoms with Crippen molar-refractivity contribution in [1.29, 1.82) is 0 Å². The van der Waals surface area contributed by atoms with Crippen molar-refractivity contribution in [2.24, 2.45) is 11.8 Å². The Hall–Kier alpha value is -1.90. The Morgan fingerprint density at radius 1 is 1.16 bits per heavy atom. The van der Waals surface area contributed by atoms with E-state index < -0.39 is 10.8 Å². The number of nitrogens with zero attached hydrogens (tertiary/aromatic N) is 4. The van der Waals surface area contributed by atoms with Gasteiger partial charge in [0.1, 0.15) is 5.82 Å². The Kier molecular flexibility index (Phi) is 5.56. The Labute approximate surface area is 190 Å². The average molecular weight is 462 g/mol. The third kappa shape index (κ3) is 4.01. The molecule has 3 fully saturated rings. The summed E-state index contributed by atoms with van der Waals surface area (Å²) in [5.74, 6) is 2.40. The van der Waals surface area contributed by atoms with Gasteiger partial charge in [0.25, 0.3) is 0 Å². The number of aliphatic hydroxyl groups is 1. The number of fused-ring (bicyclic) bond motifs is 1. The standard InChI is InChI=1S/C22H28ClN5O2S/c1-31(30)19-9-24-21(25-20(19)26-22(14-29)7-2-8-22)28-12-15-10-27(11-16(15)13-28)18-5-3-17(23)4-6-18/h3-6,9,15-16,29H,2,7-8,10-14H2,1H3,(H,24,25,26)/t15?,16?,31-/m0/s1. The van der Waals surface area contributed by atoms with Crippen LogP contribution in [0, 0.1) is 11.8 Å². The van der Waals surface area contributed by atoms with E-state index in [0.717, 1.165) is 50.5 Å². The molecule has 9 heteroatoms. The number of rotatable bonds is 6. The normalized spacial score (nSPS) is 25.3. The molecule has 2 N–H and O–H groups in total. The number of aromatic nitrogens is 2. The molecule has 0 radical (unpaired) electrons. The summed E-state index contributed by atoms with van der Waals surface area (Å²) in [5, 5.41) is 14.0. The molecule has 3 aliphatic rings. The highest BCUT2D eigenvalue weighted by molar-refractivity contribution is 7.84. The molecule has 166 valence electrons. The molecule has 2 saturated heterocycles. The molecule has 1 aromatic heterocycles. The first-order valence-electron chi connectivity index (χ1n) is 10.8. The highest BCUT2D eigenvalue weighted by Gasteiger charge is 2.42. The maximum atomic E-state index is 12.2. The van der Waals surface area contributed by atoms with Gasteiger partial charge in [-0.05, 0) is 43.5 Å². The smallest absolute Gasteiger partial charge is 0.227 e. The molecule has 7 nitrogen and oxygen atoms in total. The topological polar surface area (TPSA) is 81.6 Å². The zero-order valence-corrected chi connectivity index (χ0v) is 19.2. The van der Waals surface area contributed by atoms with Gasteiger partial charge < -0.3 is 20.2 Å². The van der Waals surface area contributed by atoms with Crippen LogP contribution in [0.25, 0.3) is 0 Å². The lowest BCUT2D eigenvalue weighted by atomic mass is 9.77. The molecule has 0 spiro atoms. The average Bonchev–Trinajstić information content (AvgIpc) is 3.30. The van der Waals surface area contributed by atoms with E-state index in [1.54, 1.807) is 12.5 Å². The van der Waals surface area contributed by atoms with E-state index in [2.05, 4.69) is 32.2 Å². The molecule has 3 heterocycles. The monoisotopic (exact) mass is 461 g/mol. The molecule has 0 amide bonds. The maximum absolute atomic E-state index is 12.2. The number of nitrogens with one attached hydrogen (secondary N) is 1. The third-order valence-electron chi connectivity index (χ3n) is 7.01. The third-order valence-corrected chi connectivity index (χ3v) is 8.18. The van der Waals surface area contributed by atoms with Crippen molar-refractivity contribution in [2.75, 3.05) is 54.2 Å². The summed E-state index contributed by atoms with van der Waals surface area (Å²) in [6.45, 7) is 3.90. The van der Waals surface area contributed by atoms with E-state index in [1.165, 1.54) is 5.69 Å². The van der Waals surface area contributed by atoms with Crippen molar-refractivity contribution < 1.29 is 9.32 Å². The van der Waals surface area contributed by atoms with Gasteiger partial charge in [-0.1, -0.05) is 11.6 Å². The Bertz CT molecular complexity index is 965. The van der Waals surface area contributed by atoms with E-state index in [4.69, 9.17) is 16.6 Å². The van der Waals surface area contributed by atoms with Gasteiger partial charge in [0.05, 0.1) is 34.0 Å². The van der Waals surface area contributed by atoms with Gasteiger partial charge in [0.15, 0.2) is 0 Å². The first kappa shape index (κ1) is 21.0. The van der Waals surface area contributed by atoms with Crippen LogP contribution in [0.3, 0.4) is 0 Å². The summed E-state index contributed by atoms with van der Waals surface area (Å²) in [6, 6.07) is 8.06. The quantitative estimate of drug-likeness (QED) is 0.684. The molecule has 3 atom stereocenters. The molecular weight excluding hydrogens is 434 g/mol. The molecule has 2 aliphatic heterocycles. The van der Waals surface area contributed by atoms with Crippen LogP contribution in [-0.4, -0.2) is 63.9 Å². The lowest BCUT2D eigenvalue weighted by Crippen LogP contribution is -2.48. The molecule has 5 rings (SSSR count). The minimum Gasteiger partial charge on any atom is -0.394 e. The van der Waals surface area contributed by atoms with Crippen LogP contribution >= 0.6 is 11.6 Å². The fourth-order valence-corrected chi connectivity index (χ4v) is 5.71. The fraction of sp³-hybridized carbons (Fsp3) is 0.545. The van der Waals surface area contributed by atoms with Crippen LogP contribution in [-0.2, 0) is 10.8 Å². The van der Waals surface area contributed by atoms with Crippen LogP contribution in [0.2, 0.25) is 5.02 Å². The maximum Gasteiger partial charge on any atom is 0.227 e. The van der Waals surface area contributed by atoms with E-state index in [-0.39, 0.29) is 12.1 Å². The Balaban J connectivity index is 1.31. The van der Waals surface area contributed by atoms with Crippen molar-refractivity contribution in [1.82, 2.24) is 9.97 Å². The molecule has 31 heavy (non-hydrogen) atoms. The second-order valence-corrected chi connectivity index (χ2v) is 10.8. The molecule has 2 aromatic rings. The minimum absolute atomic E-state index is 0.0521. The van der Waals surface area contributed by atoms with Crippen molar-refractivity contribution in [3.63, 3.8) is 0 Å². The largest absolute Gasteiger partial charge is 0.394 e. The Morgan fingerprint density at radius 2 is 1.81 bits per heavy atom. The predicted octanol–water partition coefficient (Wildman–Crippen LogP) is 2.77. The zero-order valence-electron chi connectivity index (χ0n) is 17.6. The summed E-state index contributed by atoms with van der Waals surface area (Å²) in [5.41, 5.74) is 0.873. The highest BCUT2D eigenvalue weighted by Crippen LogP contribution is 2.38. The molecule has 1 aromatic carbocycles. The molecule has 1 aliphatic carbocycles. The molecule has 1 saturated carbocycles. The molecule has 0 bridgehead atoms. The van der Waals surface area contributed by atoms with Crippen LogP contribution in [0.15, 0.2) is 35.4 Å². The first-order valence-corrected chi connectivity index (χ1v) is 12.7. The van der Waals surface area contributed by atoms with Crippen molar-refractivity contribution >= 4 is 39.9 Å². The zero-order chi connectivity index (χ0) is 21.6.